The molecule has 0 saturated carbocycles. The van der Waals surface area contributed by atoms with Crippen LogP contribution in [0.2, 0.25) is 0 Å². The Morgan fingerprint density at radius 2 is 2.14 bits per heavy atom. The van der Waals surface area contributed by atoms with E-state index in [0.717, 1.165) is 5.39 Å². The second kappa shape index (κ2) is 3.38. The summed E-state index contributed by atoms with van der Waals surface area (Å²) in [4.78, 5) is 11.5. The molecule has 1 heterocycles. The predicted molar refractivity (Wildman–Crippen MR) is 56.3 cm³/mol. The van der Waals surface area contributed by atoms with Gasteiger partial charge in [0.2, 0.25) is 0 Å². The second-order valence-electron chi connectivity index (χ2n) is 2.82. The molecule has 2 aromatic rings. The zero-order chi connectivity index (χ0) is 10.1. The molecule has 0 unspecified atom stereocenters. The Labute approximate surface area is 85.7 Å². The summed E-state index contributed by atoms with van der Waals surface area (Å²) in [5.41, 5.74) is 0.0706. The first-order valence-corrected chi connectivity index (χ1v) is 4.46. The van der Waals surface area contributed by atoms with Crippen LogP contribution in [0, 0.1) is 0 Å². The van der Waals surface area contributed by atoms with Crippen molar-refractivity contribution in [3.8, 4) is 5.75 Å². The molecule has 0 aliphatic rings. The van der Waals surface area contributed by atoms with Gasteiger partial charge in [-0.3, -0.25) is 0 Å². The molecule has 0 amide bonds. The van der Waals surface area contributed by atoms with E-state index in [4.69, 9.17) is 9.15 Å². The summed E-state index contributed by atoms with van der Waals surface area (Å²) in [6.07, 6.45) is 0. The molecule has 0 aliphatic heterocycles. The van der Waals surface area contributed by atoms with E-state index in [9.17, 15) is 4.79 Å². The van der Waals surface area contributed by atoms with Gasteiger partial charge in [-0.05, 0) is 18.2 Å². The lowest BCUT2D eigenvalue weighted by Gasteiger charge is -2.01. The number of rotatable bonds is 1. The zero-order valence-electron chi connectivity index (χ0n) is 7.48. The fourth-order valence-electron chi connectivity index (χ4n) is 1.21. The molecular formula is C10H8O3S. The van der Waals surface area contributed by atoms with Crippen molar-refractivity contribution in [3.63, 3.8) is 0 Å². The van der Waals surface area contributed by atoms with E-state index in [-0.39, 0.29) is 0 Å². The van der Waals surface area contributed by atoms with Gasteiger partial charge in [0.1, 0.15) is 11.3 Å². The summed E-state index contributed by atoms with van der Waals surface area (Å²) in [6, 6.07) is 6.96. The quantitative estimate of drug-likeness (QED) is 0.576. The van der Waals surface area contributed by atoms with Crippen LogP contribution < -0.4 is 10.4 Å². The van der Waals surface area contributed by atoms with Gasteiger partial charge in [0, 0.05) is 11.5 Å². The molecular weight excluding hydrogens is 200 g/mol. The Bertz CT molecular complexity index is 530. The van der Waals surface area contributed by atoms with Crippen molar-refractivity contribution in [1.82, 2.24) is 0 Å². The molecule has 4 heteroatoms. The van der Waals surface area contributed by atoms with E-state index in [2.05, 4.69) is 12.6 Å². The van der Waals surface area contributed by atoms with Crippen LogP contribution in [0.5, 0.6) is 5.75 Å². The Morgan fingerprint density at radius 1 is 1.36 bits per heavy atom. The first-order chi connectivity index (χ1) is 6.70. The third-order valence-electron chi connectivity index (χ3n) is 1.92. The van der Waals surface area contributed by atoms with Crippen molar-refractivity contribution in [2.75, 3.05) is 7.11 Å². The van der Waals surface area contributed by atoms with Crippen molar-refractivity contribution in [2.45, 2.75) is 4.90 Å². The molecule has 2 rings (SSSR count). The van der Waals surface area contributed by atoms with Gasteiger partial charge < -0.3 is 9.15 Å². The second-order valence-corrected chi connectivity index (χ2v) is 3.30. The highest BCUT2D eigenvalue weighted by molar-refractivity contribution is 7.80. The largest absolute Gasteiger partial charge is 0.497 e. The average Bonchev–Trinajstić information content (AvgIpc) is 2.19. The molecule has 0 spiro atoms. The van der Waals surface area contributed by atoms with Crippen LogP contribution in [0.15, 0.2) is 38.4 Å². The van der Waals surface area contributed by atoms with E-state index in [1.54, 1.807) is 25.3 Å². The van der Waals surface area contributed by atoms with Gasteiger partial charge in [0.15, 0.2) is 0 Å². The molecule has 1 aromatic heterocycles. The SMILES string of the molecule is COc1ccc2cc(S)c(=O)oc2c1. The minimum atomic E-state index is -0.436. The minimum Gasteiger partial charge on any atom is -0.497 e. The number of benzene rings is 1. The fourth-order valence-corrected chi connectivity index (χ4v) is 1.39. The summed E-state index contributed by atoms with van der Waals surface area (Å²) in [7, 11) is 1.56. The molecule has 0 fully saturated rings. The number of fused-ring (bicyclic) bond motifs is 1. The Hall–Kier alpha value is -1.42. The molecule has 3 nitrogen and oxygen atoms in total. The van der Waals surface area contributed by atoms with Gasteiger partial charge in [-0.2, -0.15) is 0 Å². The minimum absolute atomic E-state index is 0.308. The fraction of sp³-hybridized carbons (Fsp3) is 0.100. The monoisotopic (exact) mass is 208 g/mol. The topological polar surface area (TPSA) is 39.4 Å². The maximum atomic E-state index is 11.1. The van der Waals surface area contributed by atoms with Crippen LogP contribution in [0.3, 0.4) is 0 Å². The van der Waals surface area contributed by atoms with Crippen molar-refractivity contribution in [1.29, 1.82) is 0 Å². The lowest BCUT2D eigenvalue weighted by atomic mass is 10.2. The van der Waals surface area contributed by atoms with Gasteiger partial charge in [0.05, 0.1) is 12.0 Å². The van der Waals surface area contributed by atoms with Gasteiger partial charge in [0.25, 0.3) is 0 Å². The van der Waals surface area contributed by atoms with Crippen molar-refractivity contribution >= 4 is 23.6 Å². The summed E-state index contributed by atoms with van der Waals surface area (Å²) in [5, 5.41) is 0.829. The first kappa shape index (κ1) is 9.15. The summed E-state index contributed by atoms with van der Waals surface area (Å²) >= 11 is 3.99. The van der Waals surface area contributed by atoms with E-state index in [0.29, 0.717) is 16.2 Å². The number of thiol groups is 1. The highest BCUT2D eigenvalue weighted by Crippen LogP contribution is 2.20. The lowest BCUT2D eigenvalue weighted by molar-refractivity contribution is 0.414. The number of methoxy groups -OCH3 is 1. The van der Waals surface area contributed by atoms with Crippen molar-refractivity contribution in [3.05, 3.63) is 34.7 Å². The number of ether oxygens (including phenoxy) is 1. The molecule has 0 saturated heterocycles. The van der Waals surface area contributed by atoms with Crippen LogP contribution in [-0.2, 0) is 0 Å². The maximum absolute atomic E-state index is 11.1. The Morgan fingerprint density at radius 3 is 2.86 bits per heavy atom. The highest BCUT2D eigenvalue weighted by Gasteiger charge is 2.02. The molecule has 0 bridgehead atoms. The predicted octanol–water partition coefficient (Wildman–Crippen LogP) is 2.09. The van der Waals surface area contributed by atoms with E-state index in [1.165, 1.54) is 0 Å². The number of hydrogen-bond acceptors (Lipinski definition) is 4. The summed E-state index contributed by atoms with van der Waals surface area (Å²) in [5.74, 6) is 0.660. The first-order valence-electron chi connectivity index (χ1n) is 4.01. The van der Waals surface area contributed by atoms with Crippen LogP contribution in [0.4, 0.5) is 0 Å². The third-order valence-corrected chi connectivity index (χ3v) is 2.24. The van der Waals surface area contributed by atoms with Crippen molar-refractivity contribution in [2.24, 2.45) is 0 Å². The van der Waals surface area contributed by atoms with Crippen LogP contribution in [0.1, 0.15) is 0 Å². The molecule has 0 N–H and O–H groups in total. The molecule has 0 atom stereocenters. The lowest BCUT2D eigenvalue weighted by Crippen LogP contribution is -1.99. The summed E-state index contributed by atoms with van der Waals surface area (Å²) in [6.45, 7) is 0. The van der Waals surface area contributed by atoms with E-state index in [1.807, 2.05) is 6.07 Å². The number of hydrogen-bond donors (Lipinski definition) is 1. The highest BCUT2D eigenvalue weighted by atomic mass is 32.1. The summed E-state index contributed by atoms with van der Waals surface area (Å²) < 4.78 is 10.0. The normalized spacial score (nSPS) is 10.4. The van der Waals surface area contributed by atoms with E-state index < -0.39 is 5.63 Å². The van der Waals surface area contributed by atoms with Gasteiger partial charge >= 0.3 is 5.63 Å². The van der Waals surface area contributed by atoms with E-state index >= 15 is 0 Å². The van der Waals surface area contributed by atoms with Crippen LogP contribution in [-0.4, -0.2) is 7.11 Å². The van der Waals surface area contributed by atoms with Gasteiger partial charge in [-0.1, -0.05) is 0 Å². The molecule has 14 heavy (non-hydrogen) atoms. The Kier molecular flexibility index (Phi) is 2.21. The molecule has 72 valence electrons. The van der Waals surface area contributed by atoms with Crippen molar-refractivity contribution < 1.29 is 9.15 Å². The molecule has 0 radical (unpaired) electrons. The van der Waals surface area contributed by atoms with Gasteiger partial charge in [-0.25, -0.2) is 4.79 Å². The molecule has 0 aliphatic carbocycles. The van der Waals surface area contributed by atoms with Gasteiger partial charge in [-0.15, -0.1) is 12.6 Å². The standard InChI is InChI=1S/C10H8O3S/c1-12-7-3-2-6-4-9(14)10(11)13-8(6)5-7/h2-5,14H,1H3. The third kappa shape index (κ3) is 1.48. The maximum Gasteiger partial charge on any atom is 0.349 e. The Balaban J connectivity index is 2.77. The zero-order valence-corrected chi connectivity index (χ0v) is 8.38. The molecule has 1 aromatic carbocycles. The van der Waals surface area contributed by atoms with Crippen LogP contribution >= 0.6 is 12.6 Å². The van der Waals surface area contributed by atoms with Crippen LogP contribution in [0.25, 0.3) is 11.0 Å². The average molecular weight is 208 g/mol. The smallest absolute Gasteiger partial charge is 0.349 e.